The molecule has 1 aromatic rings. The van der Waals surface area contributed by atoms with Crippen LogP contribution in [0.25, 0.3) is 0 Å². The van der Waals surface area contributed by atoms with Crippen molar-refractivity contribution < 1.29 is 13.2 Å². The van der Waals surface area contributed by atoms with E-state index in [1.165, 1.54) is 0 Å². The summed E-state index contributed by atoms with van der Waals surface area (Å²) in [5.41, 5.74) is 1.75. The average Bonchev–Trinajstić information content (AvgIpc) is 2.19. The Morgan fingerprint density at radius 3 is 2.50 bits per heavy atom. The molecule has 0 saturated carbocycles. The van der Waals surface area contributed by atoms with Crippen LogP contribution in [0.3, 0.4) is 0 Å². The first kappa shape index (κ1) is 13.0. The highest BCUT2D eigenvalue weighted by atomic mass is 35.5. The molecule has 88 valence electrons. The van der Waals surface area contributed by atoms with Gasteiger partial charge in [0, 0.05) is 0 Å². The summed E-state index contributed by atoms with van der Waals surface area (Å²) in [6, 6.07) is 5.24. The van der Waals surface area contributed by atoms with Gasteiger partial charge in [0.1, 0.15) is 0 Å². The van der Waals surface area contributed by atoms with Crippen molar-refractivity contribution in [2.45, 2.75) is 26.4 Å². The normalized spacial score (nSPS) is 13.0. The molecule has 1 rings (SSSR count). The lowest BCUT2D eigenvalue weighted by Crippen LogP contribution is -2.16. The van der Waals surface area contributed by atoms with E-state index in [0.717, 1.165) is 5.56 Å². The van der Waals surface area contributed by atoms with Crippen LogP contribution in [-0.2, 0) is 6.42 Å². The van der Waals surface area contributed by atoms with E-state index in [9.17, 15) is 13.2 Å². The van der Waals surface area contributed by atoms with Crippen molar-refractivity contribution in [3.05, 3.63) is 29.3 Å². The van der Waals surface area contributed by atoms with E-state index >= 15 is 0 Å². The highest BCUT2D eigenvalue weighted by molar-refractivity contribution is 6.67. The van der Waals surface area contributed by atoms with E-state index in [4.69, 9.17) is 11.6 Å². The second kappa shape index (κ2) is 4.87. The fourth-order valence-electron chi connectivity index (χ4n) is 1.33. The van der Waals surface area contributed by atoms with Gasteiger partial charge in [-0.25, -0.2) is 4.99 Å². The Morgan fingerprint density at radius 1 is 1.38 bits per heavy atom. The summed E-state index contributed by atoms with van der Waals surface area (Å²) < 4.78 is 36.7. The highest BCUT2D eigenvalue weighted by Gasteiger charge is 2.34. The van der Waals surface area contributed by atoms with Crippen molar-refractivity contribution >= 4 is 22.5 Å². The number of nitrogens with zero attached hydrogens (tertiary/aromatic N) is 1. The molecule has 5 heteroatoms. The molecule has 0 aliphatic carbocycles. The van der Waals surface area contributed by atoms with Gasteiger partial charge in [0.25, 0.3) is 0 Å². The second-order valence-corrected chi connectivity index (χ2v) is 3.69. The van der Waals surface area contributed by atoms with E-state index < -0.39 is 11.3 Å². The summed E-state index contributed by atoms with van der Waals surface area (Å²) in [4.78, 5) is 3.46. The molecule has 0 bridgehead atoms. The molecule has 0 heterocycles. The maximum Gasteiger partial charge on any atom is 0.444 e. The standard InChI is InChI=1S/C11H11ClF3N/c1-3-8-6-4-5-7(2)9(8)16-10(12)11(13,14)15/h4-6H,3H2,1-2H3. The van der Waals surface area contributed by atoms with Crippen LogP contribution < -0.4 is 0 Å². The van der Waals surface area contributed by atoms with Gasteiger partial charge in [-0.05, 0) is 24.5 Å². The van der Waals surface area contributed by atoms with Crippen LogP contribution >= 0.6 is 11.6 Å². The Kier molecular flexibility index (Phi) is 3.97. The topological polar surface area (TPSA) is 12.4 Å². The van der Waals surface area contributed by atoms with Crippen LogP contribution in [0.2, 0.25) is 0 Å². The average molecular weight is 250 g/mol. The summed E-state index contributed by atoms with van der Waals surface area (Å²) in [6.07, 6.45) is -3.97. The maximum atomic E-state index is 12.2. The summed E-state index contributed by atoms with van der Waals surface area (Å²) in [5, 5.41) is -1.34. The molecular weight excluding hydrogens is 239 g/mol. The van der Waals surface area contributed by atoms with Crippen LogP contribution in [0, 0.1) is 6.92 Å². The van der Waals surface area contributed by atoms with Crippen molar-refractivity contribution in [3.8, 4) is 0 Å². The van der Waals surface area contributed by atoms with Crippen LogP contribution in [0.4, 0.5) is 18.9 Å². The number of hydrogen-bond donors (Lipinski definition) is 0. The quantitative estimate of drug-likeness (QED) is 0.690. The Bertz CT molecular complexity index is 410. The zero-order valence-corrected chi connectivity index (χ0v) is 9.65. The minimum atomic E-state index is -4.59. The number of halogens is 4. The van der Waals surface area contributed by atoms with Crippen molar-refractivity contribution in [1.29, 1.82) is 0 Å². The Morgan fingerprint density at radius 2 is 2.00 bits per heavy atom. The Hall–Kier alpha value is -1.03. The van der Waals surface area contributed by atoms with Gasteiger partial charge in [-0.2, -0.15) is 13.2 Å². The molecule has 16 heavy (non-hydrogen) atoms. The van der Waals surface area contributed by atoms with E-state index in [2.05, 4.69) is 4.99 Å². The van der Waals surface area contributed by atoms with E-state index in [1.807, 2.05) is 6.92 Å². The summed E-state index contributed by atoms with van der Waals surface area (Å²) >= 11 is 5.12. The Labute approximate surface area is 97.0 Å². The fraction of sp³-hybridized carbons (Fsp3) is 0.364. The molecule has 1 nitrogen and oxygen atoms in total. The maximum absolute atomic E-state index is 12.2. The molecule has 0 spiro atoms. The van der Waals surface area contributed by atoms with E-state index in [-0.39, 0.29) is 0 Å². The Balaban J connectivity index is 3.24. The summed E-state index contributed by atoms with van der Waals surface area (Å²) in [6.45, 7) is 3.56. The molecule has 0 aliphatic heterocycles. The third kappa shape index (κ3) is 2.98. The van der Waals surface area contributed by atoms with Crippen molar-refractivity contribution in [1.82, 2.24) is 0 Å². The van der Waals surface area contributed by atoms with Crippen LogP contribution in [0.15, 0.2) is 23.2 Å². The number of aliphatic imine (C=N–C) groups is 1. The SMILES string of the molecule is CCc1cccc(C)c1N=C(Cl)C(F)(F)F. The first-order chi connectivity index (χ1) is 7.36. The van der Waals surface area contributed by atoms with Gasteiger partial charge in [-0.1, -0.05) is 36.7 Å². The molecule has 1 aromatic carbocycles. The van der Waals surface area contributed by atoms with E-state index in [0.29, 0.717) is 17.7 Å². The number of para-hydroxylation sites is 1. The van der Waals surface area contributed by atoms with Crippen LogP contribution in [-0.4, -0.2) is 11.3 Å². The summed E-state index contributed by atoms with van der Waals surface area (Å²) in [5.74, 6) is 0. The third-order valence-corrected chi connectivity index (χ3v) is 2.44. The lowest BCUT2D eigenvalue weighted by atomic mass is 10.1. The van der Waals surface area contributed by atoms with Gasteiger partial charge in [0.05, 0.1) is 5.69 Å². The predicted molar refractivity (Wildman–Crippen MR) is 59.6 cm³/mol. The van der Waals surface area contributed by atoms with Gasteiger partial charge in [-0.3, -0.25) is 0 Å². The first-order valence-corrected chi connectivity index (χ1v) is 5.14. The van der Waals surface area contributed by atoms with Gasteiger partial charge in [-0.15, -0.1) is 0 Å². The number of alkyl halides is 3. The van der Waals surface area contributed by atoms with Crippen molar-refractivity contribution in [2.75, 3.05) is 0 Å². The van der Waals surface area contributed by atoms with E-state index in [1.54, 1.807) is 25.1 Å². The van der Waals surface area contributed by atoms with Crippen molar-refractivity contribution in [2.24, 2.45) is 4.99 Å². The van der Waals surface area contributed by atoms with Crippen LogP contribution in [0.1, 0.15) is 18.1 Å². The fourth-order valence-corrected chi connectivity index (χ4v) is 1.41. The molecule has 0 saturated heterocycles. The lowest BCUT2D eigenvalue weighted by Gasteiger charge is -2.08. The monoisotopic (exact) mass is 249 g/mol. The molecule has 0 fully saturated rings. The molecule has 0 N–H and O–H groups in total. The van der Waals surface area contributed by atoms with Gasteiger partial charge < -0.3 is 0 Å². The van der Waals surface area contributed by atoms with Gasteiger partial charge in [0.15, 0.2) is 0 Å². The van der Waals surface area contributed by atoms with Crippen molar-refractivity contribution in [3.63, 3.8) is 0 Å². The molecule has 0 aliphatic rings. The highest BCUT2D eigenvalue weighted by Crippen LogP contribution is 2.29. The first-order valence-electron chi connectivity index (χ1n) is 4.76. The van der Waals surface area contributed by atoms with Gasteiger partial charge in [0.2, 0.25) is 5.17 Å². The molecule has 0 aromatic heterocycles. The smallest absolute Gasteiger partial charge is 0.232 e. The number of benzene rings is 1. The third-order valence-electron chi connectivity index (χ3n) is 2.15. The van der Waals surface area contributed by atoms with Gasteiger partial charge >= 0.3 is 6.18 Å². The largest absolute Gasteiger partial charge is 0.444 e. The number of aryl methyl sites for hydroxylation is 2. The zero-order valence-electron chi connectivity index (χ0n) is 8.90. The molecule has 0 radical (unpaired) electrons. The molecule has 0 unspecified atom stereocenters. The second-order valence-electron chi connectivity index (χ2n) is 3.34. The predicted octanol–water partition coefficient (Wildman–Crippen LogP) is 4.39. The van der Waals surface area contributed by atoms with Crippen LogP contribution in [0.5, 0.6) is 0 Å². The molecule has 0 atom stereocenters. The minimum absolute atomic E-state index is 0.312. The summed E-state index contributed by atoms with van der Waals surface area (Å²) in [7, 11) is 0. The minimum Gasteiger partial charge on any atom is -0.232 e. The zero-order chi connectivity index (χ0) is 12.3. The number of rotatable bonds is 2. The molecular formula is C11H11ClF3N. The molecule has 0 amide bonds. The number of hydrogen-bond acceptors (Lipinski definition) is 1. The lowest BCUT2D eigenvalue weighted by molar-refractivity contribution is -0.0558.